The van der Waals surface area contributed by atoms with Crippen LogP contribution in [0.2, 0.25) is 5.02 Å². The maximum atomic E-state index is 11.2. The molecule has 0 bridgehead atoms. The van der Waals surface area contributed by atoms with Crippen LogP contribution in [0.15, 0.2) is 54.7 Å². The van der Waals surface area contributed by atoms with Crippen LogP contribution in [0.5, 0.6) is 0 Å². The summed E-state index contributed by atoms with van der Waals surface area (Å²) in [5.41, 5.74) is 1.86. The second-order valence-electron chi connectivity index (χ2n) is 6.17. The van der Waals surface area contributed by atoms with Gasteiger partial charge in [0.15, 0.2) is 4.34 Å². The Morgan fingerprint density at radius 2 is 1.81 bits per heavy atom. The summed E-state index contributed by atoms with van der Waals surface area (Å²) < 4.78 is 23.2. The van der Waals surface area contributed by atoms with E-state index in [4.69, 9.17) is 11.6 Å². The number of sulfone groups is 1. The lowest BCUT2D eigenvalue weighted by atomic mass is 10.2. The standard InChI is InChI=1S/C16H18ClN5O2S3/c1-27(23,24)10-4-2-3-9-16(19-21-22-20-16)26-15-18-14(11-25-15)12-5-7-13(17)8-6-12/h5-8,11H,2-4,9-10H2,1H3. The number of thiazole rings is 1. The van der Waals surface area contributed by atoms with Crippen LogP contribution < -0.4 is 0 Å². The second kappa shape index (κ2) is 8.76. The third-order valence-corrected chi connectivity index (χ3v) is 7.25. The van der Waals surface area contributed by atoms with Gasteiger partial charge in [0.05, 0.1) is 5.69 Å². The van der Waals surface area contributed by atoms with Gasteiger partial charge in [-0.25, -0.2) is 13.4 Å². The number of hydrogen-bond acceptors (Lipinski definition) is 9. The number of thioether (sulfide) groups is 1. The first kappa shape index (κ1) is 20.4. The number of aromatic nitrogens is 1. The van der Waals surface area contributed by atoms with Gasteiger partial charge in [0.1, 0.15) is 9.84 Å². The number of halogens is 1. The van der Waals surface area contributed by atoms with Crippen LogP contribution in [-0.4, -0.2) is 30.4 Å². The monoisotopic (exact) mass is 443 g/mol. The normalized spacial score (nSPS) is 15.5. The summed E-state index contributed by atoms with van der Waals surface area (Å²) in [5, 5.41) is 18.4. The highest BCUT2D eigenvalue weighted by molar-refractivity contribution is 8.02. The van der Waals surface area contributed by atoms with Crippen LogP contribution in [-0.2, 0) is 9.84 Å². The largest absolute Gasteiger partial charge is 0.247 e. The van der Waals surface area contributed by atoms with Gasteiger partial charge in [-0.05, 0) is 47.2 Å². The Morgan fingerprint density at radius 3 is 2.48 bits per heavy atom. The van der Waals surface area contributed by atoms with E-state index in [2.05, 4.69) is 25.7 Å². The predicted octanol–water partition coefficient (Wildman–Crippen LogP) is 5.65. The fourth-order valence-electron chi connectivity index (χ4n) is 2.49. The maximum Gasteiger partial charge on any atom is 0.247 e. The van der Waals surface area contributed by atoms with Crippen LogP contribution in [0.1, 0.15) is 25.7 Å². The van der Waals surface area contributed by atoms with E-state index >= 15 is 0 Å². The first-order valence-electron chi connectivity index (χ1n) is 8.28. The van der Waals surface area contributed by atoms with Crippen LogP contribution in [0.25, 0.3) is 11.3 Å². The number of hydrogen-bond donors (Lipinski definition) is 0. The van der Waals surface area contributed by atoms with Gasteiger partial charge in [-0.1, -0.05) is 30.2 Å². The molecule has 2 aromatic rings. The third kappa shape index (κ3) is 6.06. The van der Waals surface area contributed by atoms with Gasteiger partial charge in [-0.2, -0.15) is 0 Å². The minimum absolute atomic E-state index is 0.201. The molecule has 0 atom stereocenters. The molecule has 1 aromatic heterocycles. The first-order valence-corrected chi connectivity index (χ1v) is 12.4. The van der Waals surface area contributed by atoms with Gasteiger partial charge >= 0.3 is 0 Å². The van der Waals surface area contributed by atoms with E-state index in [1.54, 1.807) is 0 Å². The first-order chi connectivity index (χ1) is 12.9. The molecule has 11 heteroatoms. The van der Waals surface area contributed by atoms with E-state index in [1.807, 2.05) is 29.6 Å². The Morgan fingerprint density at radius 1 is 1.11 bits per heavy atom. The van der Waals surface area contributed by atoms with Gasteiger partial charge in [0.2, 0.25) is 4.99 Å². The van der Waals surface area contributed by atoms with Gasteiger partial charge in [-0.3, -0.25) is 0 Å². The average Bonchev–Trinajstić information content (AvgIpc) is 3.25. The molecule has 0 amide bonds. The molecule has 144 valence electrons. The van der Waals surface area contributed by atoms with Crippen molar-refractivity contribution in [2.24, 2.45) is 20.7 Å². The third-order valence-electron chi connectivity index (χ3n) is 3.83. The predicted molar refractivity (Wildman–Crippen MR) is 109 cm³/mol. The molecular weight excluding hydrogens is 426 g/mol. The average molecular weight is 444 g/mol. The summed E-state index contributed by atoms with van der Waals surface area (Å²) in [6, 6.07) is 7.53. The zero-order valence-electron chi connectivity index (χ0n) is 14.6. The van der Waals surface area contributed by atoms with Crippen LogP contribution in [0.3, 0.4) is 0 Å². The minimum atomic E-state index is -2.92. The van der Waals surface area contributed by atoms with Gasteiger partial charge < -0.3 is 0 Å². The molecule has 3 rings (SSSR count). The molecule has 1 aliphatic rings. The molecule has 7 nitrogen and oxygen atoms in total. The summed E-state index contributed by atoms with van der Waals surface area (Å²) in [6.45, 7) is 0. The van der Waals surface area contributed by atoms with Crippen molar-refractivity contribution in [3.8, 4) is 11.3 Å². The molecule has 0 spiro atoms. The molecule has 1 aromatic carbocycles. The van der Waals surface area contributed by atoms with E-state index in [9.17, 15) is 8.42 Å². The molecule has 0 N–H and O–H groups in total. The molecule has 1 aliphatic heterocycles. The van der Waals surface area contributed by atoms with Crippen molar-refractivity contribution in [2.45, 2.75) is 35.0 Å². The smallest absolute Gasteiger partial charge is 0.230 e. The summed E-state index contributed by atoms with van der Waals surface area (Å²) in [6.07, 6.45) is 4.09. The molecule has 0 radical (unpaired) electrons. The van der Waals surface area contributed by atoms with E-state index in [-0.39, 0.29) is 5.75 Å². The minimum Gasteiger partial charge on any atom is -0.230 e. The van der Waals surface area contributed by atoms with Crippen molar-refractivity contribution in [2.75, 3.05) is 12.0 Å². The Labute approximate surface area is 171 Å². The lowest BCUT2D eigenvalue weighted by Gasteiger charge is -2.17. The highest BCUT2D eigenvalue weighted by Crippen LogP contribution is 2.44. The molecule has 0 saturated heterocycles. The highest BCUT2D eigenvalue weighted by atomic mass is 35.5. The van der Waals surface area contributed by atoms with Crippen molar-refractivity contribution in [3.63, 3.8) is 0 Å². The quantitative estimate of drug-likeness (QED) is 0.468. The van der Waals surface area contributed by atoms with E-state index < -0.39 is 14.8 Å². The second-order valence-corrected chi connectivity index (χ2v) is 11.2. The molecule has 0 aliphatic carbocycles. The molecule has 27 heavy (non-hydrogen) atoms. The molecule has 2 heterocycles. The topological polar surface area (TPSA) is 96.5 Å². The zero-order valence-corrected chi connectivity index (χ0v) is 17.8. The molecule has 0 unspecified atom stereocenters. The summed E-state index contributed by atoms with van der Waals surface area (Å²) >= 11 is 8.87. The summed E-state index contributed by atoms with van der Waals surface area (Å²) in [4.78, 5) is 3.85. The summed E-state index contributed by atoms with van der Waals surface area (Å²) in [7, 11) is -2.92. The van der Waals surface area contributed by atoms with Gasteiger partial charge in [-0.15, -0.1) is 21.6 Å². The maximum absolute atomic E-state index is 11.2. The fraction of sp³-hybridized carbons (Fsp3) is 0.438. The summed E-state index contributed by atoms with van der Waals surface area (Å²) in [5.74, 6) is 0.201. The number of unbranched alkanes of at least 4 members (excludes halogenated alkanes) is 2. The Hall–Kier alpha value is -1.36. The van der Waals surface area contributed by atoms with Crippen molar-refractivity contribution in [1.82, 2.24) is 4.98 Å². The van der Waals surface area contributed by atoms with Crippen molar-refractivity contribution < 1.29 is 8.42 Å². The number of benzene rings is 1. The SMILES string of the molecule is CS(=O)(=O)CCCCCC1(Sc2nc(-c3ccc(Cl)cc3)cs2)N=NN=N1. The van der Waals surface area contributed by atoms with Crippen molar-refractivity contribution in [3.05, 3.63) is 34.7 Å². The number of nitrogens with zero attached hydrogens (tertiary/aromatic N) is 5. The molecular formula is C16H18ClN5O2S3. The molecule has 0 saturated carbocycles. The lowest BCUT2D eigenvalue weighted by Crippen LogP contribution is -2.16. The van der Waals surface area contributed by atoms with Crippen LogP contribution in [0.4, 0.5) is 0 Å². The van der Waals surface area contributed by atoms with Crippen LogP contribution >= 0.6 is 34.7 Å². The Kier molecular flexibility index (Phi) is 6.61. The van der Waals surface area contributed by atoms with Gasteiger partial charge in [0.25, 0.3) is 0 Å². The Bertz CT molecular complexity index is 929. The fourth-order valence-corrected chi connectivity index (χ4v) is 5.45. The van der Waals surface area contributed by atoms with Crippen molar-refractivity contribution >= 4 is 44.5 Å². The van der Waals surface area contributed by atoms with Crippen LogP contribution in [0, 0.1) is 0 Å². The van der Waals surface area contributed by atoms with Crippen molar-refractivity contribution in [1.29, 1.82) is 0 Å². The van der Waals surface area contributed by atoms with Gasteiger partial charge in [0, 0.05) is 34.4 Å². The zero-order chi connectivity index (χ0) is 19.3. The Balaban J connectivity index is 1.60. The molecule has 0 fully saturated rings. The number of rotatable bonds is 9. The lowest BCUT2D eigenvalue weighted by molar-refractivity contribution is 0.531. The highest BCUT2D eigenvalue weighted by Gasteiger charge is 2.35. The van der Waals surface area contributed by atoms with E-state index in [1.165, 1.54) is 29.4 Å². The van der Waals surface area contributed by atoms with E-state index in [0.717, 1.165) is 28.4 Å². The van der Waals surface area contributed by atoms with E-state index in [0.29, 0.717) is 17.9 Å².